The Kier molecular flexibility index (Phi) is 5.48. The molecule has 2 rings (SSSR count). The van der Waals surface area contributed by atoms with Crippen LogP contribution in [0, 0.1) is 24.0 Å². The lowest BCUT2D eigenvalue weighted by atomic mass is 10.1. The van der Waals surface area contributed by atoms with E-state index in [2.05, 4.69) is 10.4 Å². The SMILES string of the molecule is Cc1nn(CCC(=O)N[C@H](C(=O)O)c2ccccc2)c(C)c1[N+](=O)[O-]. The summed E-state index contributed by atoms with van der Waals surface area (Å²) in [5.41, 5.74) is 1.02. The number of rotatable bonds is 7. The van der Waals surface area contributed by atoms with Gasteiger partial charge in [-0.2, -0.15) is 5.10 Å². The third-order valence-corrected chi connectivity index (χ3v) is 3.76. The van der Waals surface area contributed by atoms with Crippen molar-refractivity contribution >= 4 is 17.6 Å². The Hall–Kier alpha value is -3.23. The molecule has 0 bridgehead atoms. The first-order chi connectivity index (χ1) is 11.8. The fraction of sp³-hybridized carbons (Fsp3) is 0.312. The normalized spacial score (nSPS) is 11.8. The van der Waals surface area contributed by atoms with Gasteiger partial charge in [-0.05, 0) is 19.4 Å². The molecule has 0 radical (unpaired) electrons. The fourth-order valence-electron chi connectivity index (χ4n) is 2.54. The highest BCUT2D eigenvalue weighted by molar-refractivity contribution is 5.84. The summed E-state index contributed by atoms with van der Waals surface area (Å²) in [6.45, 7) is 3.20. The molecule has 0 aliphatic carbocycles. The number of nitrogens with one attached hydrogen (secondary N) is 1. The van der Waals surface area contributed by atoms with Crippen molar-refractivity contribution in [1.82, 2.24) is 15.1 Å². The Bertz CT molecular complexity index is 800. The van der Waals surface area contributed by atoms with E-state index in [0.29, 0.717) is 11.3 Å². The molecule has 25 heavy (non-hydrogen) atoms. The molecular formula is C16H18N4O5. The lowest BCUT2D eigenvalue weighted by Crippen LogP contribution is -2.34. The zero-order valence-electron chi connectivity index (χ0n) is 13.8. The minimum atomic E-state index is -1.17. The van der Waals surface area contributed by atoms with E-state index in [1.807, 2.05) is 0 Å². The summed E-state index contributed by atoms with van der Waals surface area (Å²) in [5.74, 6) is -1.65. The summed E-state index contributed by atoms with van der Waals surface area (Å²) in [6, 6.07) is 7.20. The summed E-state index contributed by atoms with van der Waals surface area (Å²) in [6.07, 6.45) is -0.0459. The molecule has 1 aromatic heterocycles. The molecule has 9 nitrogen and oxygen atoms in total. The second kappa shape index (κ2) is 7.56. The first kappa shape index (κ1) is 18.1. The molecule has 0 aliphatic heterocycles. The molecule has 0 fully saturated rings. The van der Waals surface area contributed by atoms with E-state index in [0.717, 1.165) is 0 Å². The summed E-state index contributed by atoms with van der Waals surface area (Å²) >= 11 is 0. The predicted octanol–water partition coefficient (Wildman–Crippen LogP) is 1.74. The Morgan fingerprint density at radius 1 is 1.32 bits per heavy atom. The molecule has 1 aromatic carbocycles. The largest absolute Gasteiger partial charge is 0.479 e. The molecule has 0 saturated carbocycles. The number of nitrogens with zero attached hydrogens (tertiary/aromatic N) is 3. The first-order valence-electron chi connectivity index (χ1n) is 7.56. The smallest absolute Gasteiger partial charge is 0.330 e. The standard InChI is InChI=1S/C16H18N4O5/c1-10-15(20(24)25)11(2)19(18-10)9-8-13(21)17-14(16(22)23)12-6-4-3-5-7-12/h3-7,14H,8-9H2,1-2H3,(H,17,21)(H,22,23)/t14-/m0/s1. The van der Waals surface area contributed by atoms with E-state index in [9.17, 15) is 24.8 Å². The van der Waals surface area contributed by atoms with Gasteiger partial charge in [-0.25, -0.2) is 4.79 Å². The van der Waals surface area contributed by atoms with Crippen LogP contribution in [-0.2, 0) is 16.1 Å². The second-order valence-corrected chi connectivity index (χ2v) is 5.50. The number of aromatic nitrogens is 2. The number of aryl methyl sites for hydroxylation is 2. The number of carbonyl (C=O) groups is 2. The van der Waals surface area contributed by atoms with Gasteiger partial charge in [0.05, 0.1) is 11.5 Å². The maximum atomic E-state index is 12.1. The number of amides is 1. The Labute approximate surface area is 143 Å². The van der Waals surface area contributed by atoms with Gasteiger partial charge in [-0.15, -0.1) is 0 Å². The van der Waals surface area contributed by atoms with Crippen LogP contribution in [0.2, 0.25) is 0 Å². The molecule has 2 aromatic rings. The van der Waals surface area contributed by atoms with Crippen molar-refractivity contribution in [3.05, 3.63) is 57.4 Å². The maximum absolute atomic E-state index is 12.1. The van der Waals surface area contributed by atoms with Crippen molar-refractivity contribution in [2.24, 2.45) is 0 Å². The highest BCUT2D eigenvalue weighted by Crippen LogP contribution is 2.22. The first-order valence-corrected chi connectivity index (χ1v) is 7.56. The van der Waals surface area contributed by atoms with E-state index in [1.54, 1.807) is 37.3 Å². The van der Waals surface area contributed by atoms with Gasteiger partial charge in [0, 0.05) is 6.42 Å². The molecule has 9 heteroatoms. The maximum Gasteiger partial charge on any atom is 0.330 e. The number of nitro groups is 1. The van der Waals surface area contributed by atoms with Crippen LogP contribution in [0.15, 0.2) is 30.3 Å². The van der Waals surface area contributed by atoms with E-state index in [4.69, 9.17) is 0 Å². The molecule has 1 heterocycles. The number of benzene rings is 1. The lowest BCUT2D eigenvalue weighted by molar-refractivity contribution is -0.386. The third kappa shape index (κ3) is 4.19. The van der Waals surface area contributed by atoms with E-state index in [-0.39, 0.29) is 24.3 Å². The van der Waals surface area contributed by atoms with Gasteiger partial charge < -0.3 is 10.4 Å². The number of aliphatic carboxylic acids is 1. The zero-order chi connectivity index (χ0) is 18.6. The highest BCUT2D eigenvalue weighted by atomic mass is 16.6. The molecule has 0 saturated heterocycles. The van der Waals surface area contributed by atoms with E-state index < -0.39 is 22.8 Å². The Balaban J connectivity index is 2.04. The average molecular weight is 346 g/mol. The van der Waals surface area contributed by atoms with Crippen LogP contribution < -0.4 is 5.32 Å². The molecule has 0 unspecified atom stereocenters. The second-order valence-electron chi connectivity index (χ2n) is 5.50. The summed E-state index contributed by atoms with van der Waals surface area (Å²) < 4.78 is 1.38. The molecular weight excluding hydrogens is 328 g/mol. The van der Waals surface area contributed by atoms with Crippen molar-refractivity contribution in [2.45, 2.75) is 32.9 Å². The molecule has 132 valence electrons. The quantitative estimate of drug-likeness (QED) is 0.580. The molecule has 1 amide bonds. The molecule has 0 aliphatic rings. The monoisotopic (exact) mass is 346 g/mol. The van der Waals surface area contributed by atoms with Crippen molar-refractivity contribution in [1.29, 1.82) is 0 Å². The van der Waals surface area contributed by atoms with Crippen molar-refractivity contribution < 1.29 is 19.6 Å². The minimum absolute atomic E-state index is 0.0459. The van der Waals surface area contributed by atoms with Gasteiger partial charge in [0.15, 0.2) is 6.04 Å². The van der Waals surface area contributed by atoms with Crippen LogP contribution in [0.5, 0.6) is 0 Å². The summed E-state index contributed by atoms with van der Waals surface area (Å²) in [4.78, 5) is 33.9. The van der Waals surface area contributed by atoms with Crippen LogP contribution >= 0.6 is 0 Å². The number of carboxylic acid groups (broad SMARTS) is 1. The fourth-order valence-corrected chi connectivity index (χ4v) is 2.54. The third-order valence-electron chi connectivity index (χ3n) is 3.76. The Morgan fingerprint density at radius 3 is 2.48 bits per heavy atom. The highest BCUT2D eigenvalue weighted by Gasteiger charge is 2.24. The summed E-state index contributed by atoms with van der Waals surface area (Å²) in [5, 5.41) is 26.8. The zero-order valence-corrected chi connectivity index (χ0v) is 13.8. The van der Waals surface area contributed by atoms with Gasteiger partial charge in [0.25, 0.3) is 0 Å². The van der Waals surface area contributed by atoms with Gasteiger partial charge >= 0.3 is 11.7 Å². The van der Waals surface area contributed by atoms with Crippen LogP contribution in [0.4, 0.5) is 5.69 Å². The lowest BCUT2D eigenvalue weighted by Gasteiger charge is -2.15. The van der Waals surface area contributed by atoms with Crippen molar-refractivity contribution in [3.63, 3.8) is 0 Å². The topological polar surface area (TPSA) is 127 Å². The number of carboxylic acids is 1. The molecule has 2 N–H and O–H groups in total. The average Bonchev–Trinajstić information content (AvgIpc) is 2.85. The van der Waals surface area contributed by atoms with Crippen LogP contribution in [0.25, 0.3) is 0 Å². The van der Waals surface area contributed by atoms with E-state index in [1.165, 1.54) is 11.6 Å². The Morgan fingerprint density at radius 2 is 1.96 bits per heavy atom. The van der Waals surface area contributed by atoms with Crippen LogP contribution in [0.3, 0.4) is 0 Å². The van der Waals surface area contributed by atoms with Gasteiger partial charge in [-0.3, -0.25) is 19.6 Å². The van der Waals surface area contributed by atoms with E-state index >= 15 is 0 Å². The van der Waals surface area contributed by atoms with Gasteiger partial charge in [-0.1, -0.05) is 30.3 Å². The molecule has 1 atom stereocenters. The van der Waals surface area contributed by atoms with Crippen molar-refractivity contribution in [3.8, 4) is 0 Å². The minimum Gasteiger partial charge on any atom is -0.479 e. The number of carbonyl (C=O) groups excluding carboxylic acids is 1. The van der Waals surface area contributed by atoms with Crippen LogP contribution in [0.1, 0.15) is 29.4 Å². The number of hydrogen-bond acceptors (Lipinski definition) is 5. The summed E-state index contributed by atoms with van der Waals surface area (Å²) in [7, 11) is 0. The molecule has 0 spiro atoms. The van der Waals surface area contributed by atoms with Gasteiger partial charge in [0.1, 0.15) is 11.4 Å². The predicted molar refractivity (Wildman–Crippen MR) is 87.9 cm³/mol. The van der Waals surface area contributed by atoms with Crippen LogP contribution in [-0.4, -0.2) is 31.7 Å². The van der Waals surface area contributed by atoms with Crippen molar-refractivity contribution in [2.75, 3.05) is 0 Å². The van der Waals surface area contributed by atoms with Gasteiger partial charge in [0.2, 0.25) is 5.91 Å². The number of hydrogen-bond donors (Lipinski definition) is 2.